The van der Waals surface area contributed by atoms with Crippen molar-refractivity contribution >= 4 is 33.3 Å². The summed E-state index contributed by atoms with van der Waals surface area (Å²) in [7, 11) is -2.39. The Hall–Kier alpha value is -3.72. The van der Waals surface area contributed by atoms with Crippen LogP contribution in [0.25, 0.3) is 0 Å². The van der Waals surface area contributed by atoms with Gasteiger partial charge in [-0.15, -0.1) is 0 Å². The van der Waals surface area contributed by atoms with Gasteiger partial charge in [-0.05, 0) is 55.5 Å². The van der Waals surface area contributed by atoms with E-state index in [4.69, 9.17) is 4.74 Å². The van der Waals surface area contributed by atoms with E-state index in [1.807, 2.05) is 0 Å². The second-order valence-corrected chi connectivity index (χ2v) is 8.82. The minimum atomic E-state index is -3.83. The van der Waals surface area contributed by atoms with Crippen molar-refractivity contribution in [1.29, 1.82) is 0 Å². The van der Waals surface area contributed by atoms with Crippen molar-refractivity contribution in [3.63, 3.8) is 0 Å². The van der Waals surface area contributed by atoms with Gasteiger partial charge in [-0.3, -0.25) is 9.10 Å². The minimum Gasteiger partial charge on any atom is -0.449 e. The third kappa shape index (κ3) is 5.12. The largest absolute Gasteiger partial charge is 0.449 e. The van der Waals surface area contributed by atoms with E-state index in [9.17, 15) is 22.4 Å². The second kappa shape index (κ2) is 9.61. The van der Waals surface area contributed by atoms with Crippen LogP contribution in [-0.2, 0) is 19.6 Å². The number of ether oxygens (including phenoxy) is 1. The van der Waals surface area contributed by atoms with Crippen molar-refractivity contribution in [2.24, 2.45) is 0 Å². The summed E-state index contributed by atoms with van der Waals surface area (Å²) in [6.45, 7) is 1.35. The SMILES string of the molecule is CC(OC(=O)c1ccc(S(=O)(=O)N(C)c2ccccc2)cc1)C(=O)Nc1ccccc1F. The predicted octanol–water partition coefficient (Wildman–Crippen LogP) is 3.83. The highest BCUT2D eigenvalue weighted by Gasteiger charge is 2.23. The Balaban J connectivity index is 1.67. The van der Waals surface area contributed by atoms with Gasteiger partial charge < -0.3 is 10.1 Å². The highest BCUT2D eigenvalue weighted by Crippen LogP contribution is 2.22. The number of nitrogens with one attached hydrogen (secondary N) is 1. The Bertz CT molecular complexity index is 1210. The molecular formula is C23H21FN2O5S. The van der Waals surface area contributed by atoms with E-state index in [1.54, 1.807) is 36.4 Å². The number of hydrogen-bond donors (Lipinski definition) is 1. The molecule has 0 bridgehead atoms. The molecule has 1 N–H and O–H groups in total. The van der Waals surface area contributed by atoms with Crippen LogP contribution in [0.3, 0.4) is 0 Å². The zero-order valence-electron chi connectivity index (χ0n) is 17.4. The van der Waals surface area contributed by atoms with Gasteiger partial charge in [0.25, 0.3) is 15.9 Å². The Morgan fingerprint density at radius 1 is 0.938 bits per heavy atom. The molecule has 0 fully saturated rings. The van der Waals surface area contributed by atoms with Gasteiger partial charge in [0, 0.05) is 7.05 Å². The third-order valence-corrected chi connectivity index (χ3v) is 6.45. The van der Waals surface area contributed by atoms with Gasteiger partial charge >= 0.3 is 5.97 Å². The zero-order valence-corrected chi connectivity index (χ0v) is 18.2. The number of para-hydroxylation sites is 2. The van der Waals surface area contributed by atoms with Crippen molar-refractivity contribution in [3.05, 3.63) is 90.2 Å². The van der Waals surface area contributed by atoms with Gasteiger partial charge in [0.2, 0.25) is 0 Å². The molecule has 3 rings (SSSR count). The highest BCUT2D eigenvalue weighted by molar-refractivity contribution is 7.92. The third-order valence-electron chi connectivity index (χ3n) is 4.65. The summed E-state index contributed by atoms with van der Waals surface area (Å²) in [6, 6.07) is 19.3. The minimum absolute atomic E-state index is 0.00857. The number of amides is 1. The maximum atomic E-state index is 13.7. The quantitative estimate of drug-likeness (QED) is 0.546. The lowest BCUT2D eigenvalue weighted by atomic mass is 10.2. The average molecular weight is 456 g/mol. The molecular weight excluding hydrogens is 435 g/mol. The summed E-state index contributed by atoms with van der Waals surface area (Å²) < 4.78 is 45.5. The fraction of sp³-hybridized carbons (Fsp3) is 0.130. The van der Waals surface area contributed by atoms with Crippen LogP contribution < -0.4 is 9.62 Å². The maximum Gasteiger partial charge on any atom is 0.338 e. The average Bonchev–Trinajstić information content (AvgIpc) is 2.80. The summed E-state index contributed by atoms with van der Waals surface area (Å²) in [6.07, 6.45) is -1.20. The number of esters is 1. The molecule has 0 saturated carbocycles. The number of carbonyl (C=O) groups excluding carboxylic acids is 2. The number of nitrogens with zero attached hydrogens (tertiary/aromatic N) is 1. The van der Waals surface area contributed by atoms with Crippen molar-refractivity contribution in [3.8, 4) is 0 Å². The van der Waals surface area contributed by atoms with Gasteiger partial charge in [0.1, 0.15) is 5.82 Å². The number of anilines is 2. The van der Waals surface area contributed by atoms with E-state index in [1.165, 1.54) is 56.4 Å². The molecule has 0 heterocycles. The molecule has 1 unspecified atom stereocenters. The number of halogens is 1. The van der Waals surface area contributed by atoms with Crippen molar-refractivity contribution in [1.82, 2.24) is 0 Å². The van der Waals surface area contributed by atoms with Gasteiger partial charge in [-0.1, -0.05) is 30.3 Å². The highest BCUT2D eigenvalue weighted by atomic mass is 32.2. The van der Waals surface area contributed by atoms with Crippen LogP contribution in [0.2, 0.25) is 0 Å². The molecule has 0 saturated heterocycles. The van der Waals surface area contributed by atoms with E-state index in [-0.39, 0.29) is 16.1 Å². The molecule has 7 nitrogen and oxygen atoms in total. The fourth-order valence-corrected chi connectivity index (χ4v) is 3.97. The van der Waals surface area contributed by atoms with E-state index >= 15 is 0 Å². The number of hydrogen-bond acceptors (Lipinski definition) is 5. The fourth-order valence-electron chi connectivity index (χ4n) is 2.78. The van der Waals surface area contributed by atoms with Gasteiger partial charge in [-0.2, -0.15) is 0 Å². The number of benzene rings is 3. The molecule has 0 aliphatic carbocycles. The van der Waals surface area contributed by atoms with Gasteiger partial charge in [0.05, 0.1) is 21.8 Å². The first-order valence-electron chi connectivity index (χ1n) is 9.60. The number of carbonyl (C=O) groups is 2. The summed E-state index contributed by atoms with van der Waals surface area (Å²) >= 11 is 0. The first-order valence-corrected chi connectivity index (χ1v) is 11.0. The van der Waals surface area contributed by atoms with E-state index in [0.717, 1.165) is 4.31 Å². The van der Waals surface area contributed by atoms with E-state index in [0.29, 0.717) is 5.69 Å². The first-order chi connectivity index (χ1) is 15.2. The van der Waals surface area contributed by atoms with E-state index in [2.05, 4.69) is 5.32 Å². The van der Waals surface area contributed by atoms with Crippen molar-refractivity contribution in [2.75, 3.05) is 16.7 Å². The molecule has 3 aromatic rings. The number of sulfonamides is 1. The van der Waals surface area contributed by atoms with Crippen LogP contribution >= 0.6 is 0 Å². The second-order valence-electron chi connectivity index (χ2n) is 6.85. The van der Waals surface area contributed by atoms with Crippen LogP contribution in [0.1, 0.15) is 17.3 Å². The van der Waals surface area contributed by atoms with Gasteiger partial charge in [-0.25, -0.2) is 17.6 Å². The molecule has 9 heteroatoms. The predicted molar refractivity (Wildman–Crippen MR) is 118 cm³/mol. The van der Waals surface area contributed by atoms with Crippen LogP contribution in [-0.4, -0.2) is 33.4 Å². The van der Waals surface area contributed by atoms with E-state index < -0.39 is 33.8 Å². The molecule has 32 heavy (non-hydrogen) atoms. The molecule has 3 aromatic carbocycles. The normalized spacial score (nSPS) is 12.0. The van der Waals surface area contributed by atoms with Crippen LogP contribution in [0.15, 0.2) is 83.8 Å². The Labute approximate surface area is 185 Å². The molecule has 0 aromatic heterocycles. The summed E-state index contributed by atoms with van der Waals surface area (Å²) in [5, 5.41) is 2.35. The molecule has 166 valence electrons. The summed E-state index contributed by atoms with van der Waals surface area (Å²) in [5.74, 6) is -2.13. The Kier molecular flexibility index (Phi) is 6.89. The van der Waals surface area contributed by atoms with Crippen LogP contribution in [0.5, 0.6) is 0 Å². The lowest BCUT2D eigenvalue weighted by Gasteiger charge is -2.19. The van der Waals surface area contributed by atoms with Gasteiger partial charge in [0.15, 0.2) is 6.10 Å². The Morgan fingerprint density at radius 3 is 2.16 bits per heavy atom. The van der Waals surface area contributed by atoms with Crippen molar-refractivity contribution in [2.45, 2.75) is 17.9 Å². The smallest absolute Gasteiger partial charge is 0.338 e. The zero-order chi connectivity index (χ0) is 23.3. The van der Waals surface area contributed by atoms with Crippen molar-refractivity contribution < 1.29 is 27.1 Å². The number of rotatable bonds is 7. The molecule has 0 radical (unpaired) electrons. The summed E-state index contributed by atoms with van der Waals surface area (Å²) in [5.41, 5.74) is 0.528. The topological polar surface area (TPSA) is 92.8 Å². The Morgan fingerprint density at radius 2 is 1.53 bits per heavy atom. The molecule has 1 amide bonds. The molecule has 0 aliphatic rings. The van der Waals surface area contributed by atoms with Crippen LogP contribution in [0, 0.1) is 5.82 Å². The summed E-state index contributed by atoms with van der Waals surface area (Å²) in [4.78, 5) is 24.5. The standard InChI is InChI=1S/C23H21FN2O5S/c1-16(22(27)25-21-11-7-6-10-20(21)24)31-23(28)17-12-14-19(15-13-17)32(29,30)26(2)18-8-4-3-5-9-18/h3-16H,1-2H3,(H,25,27). The first kappa shape index (κ1) is 23.0. The molecule has 0 aliphatic heterocycles. The lowest BCUT2D eigenvalue weighted by Crippen LogP contribution is -2.30. The molecule has 1 atom stereocenters. The monoisotopic (exact) mass is 456 g/mol. The lowest BCUT2D eigenvalue weighted by molar-refractivity contribution is -0.123. The molecule has 0 spiro atoms. The van der Waals surface area contributed by atoms with Crippen LogP contribution in [0.4, 0.5) is 15.8 Å². The maximum absolute atomic E-state index is 13.7.